The first-order valence-corrected chi connectivity index (χ1v) is 11.9. The van der Waals surface area contributed by atoms with Crippen LogP contribution >= 0.6 is 0 Å². The lowest BCUT2D eigenvalue weighted by atomic mass is 9.77. The quantitative estimate of drug-likeness (QED) is 0.439. The number of aryl methyl sites for hydroxylation is 2. The van der Waals surface area contributed by atoms with Crippen molar-refractivity contribution in [2.45, 2.75) is 51.1 Å². The number of alkyl halides is 3. The predicted molar refractivity (Wildman–Crippen MR) is 126 cm³/mol. The molecule has 0 bridgehead atoms. The first kappa shape index (κ1) is 27.1. The molecule has 2 saturated heterocycles. The van der Waals surface area contributed by atoms with E-state index >= 15 is 0 Å². The maximum atomic E-state index is 13.9. The topological polar surface area (TPSA) is 133 Å². The molecule has 2 amide bonds. The summed E-state index contributed by atoms with van der Waals surface area (Å²) in [5, 5.41) is 22.4. The predicted octanol–water partition coefficient (Wildman–Crippen LogP) is 3.46. The van der Waals surface area contributed by atoms with Crippen LogP contribution in [0.15, 0.2) is 42.5 Å². The van der Waals surface area contributed by atoms with Crippen LogP contribution < -0.4 is 15.0 Å². The molecule has 0 aromatic heterocycles. The van der Waals surface area contributed by atoms with Crippen LogP contribution in [0.2, 0.25) is 0 Å². The highest BCUT2D eigenvalue weighted by Crippen LogP contribution is 2.52. The van der Waals surface area contributed by atoms with Crippen LogP contribution in [0, 0.1) is 11.8 Å². The van der Waals surface area contributed by atoms with Crippen molar-refractivity contribution >= 4 is 29.4 Å². The van der Waals surface area contributed by atoms with Crippen LogP contribution in [-0.2, 0) is 32.0 Å². The van der Waals surface area contributed by atoms with Gasteiger partial charge in [-0.3, -0.25) is 24.5 Å². The van der Waals surface area contributed by atoms with Gasteiger partial charge in [-0.25, -0.2) is 4.90 Å². The maximum absolute atomic E-state index is 13.9. The molecule has 0 spiro atoms. The van der Waals surface area contributed by atoms with Crippen LogP contribution in [0.25, 0.3) is 0 Å². The molecule has 9 nitrogen and oxygen atoms in total. The molecular formula is C26H25F3N2O7. The lowest BCUT2D eigenvalue weighted by Gasteiger charge is -2.30. The molecule has 4 rings (SSSR count). The number of imide groups is 1. The number of amides is 2. The minimum absolute atomic E-state index is 0.0396. The number of halogens is 3. The summed E-state index contributed by atoms with van der Waals surface area (Å²) in [5.74, 6) is -8.47. The van der Waals surface area contributed by atoms with E-state index in [1.807, 2.05) is 13.8 Å². The van der Waals surface area contributed by atoms with Crippen molar-refractivity contribution in [3.8, 4) is 5.75 Å². The Morgan fingerprint density at radius 1 is 1.03 bits per heavy atom. The van der Waals surface area contributed by atoms with Crippen molar-refractivity contribution in [1.82, 2.24) is 5.32 Å². The molecule has 4 atom stereocenters. The third kappa shape index (κ3) is 4.49. The Balaban J connectivity index is 1.90. The van der Waals surface area contributed by atoms with E-state index in [9.17, 15) is 42.6 Å². The van der Waals surface area contributed by atoms with E-state index < -0.39 is 65.7 Å². The standard InChI is InChI=1S/C26H25F3N2O7/c1-3-13-7-5-8-14(4-2)21(13)31-22(34)18-19(23(31)35)25(24(36)37,12-17(32)33)30-20(18)15-9-6-10-16(11-15)38-26(27,28)29/h5-11,18-20,30H,3-4,12H2,1-2H3,(H,32,33)(H,36,37). The fraction of sp³-hybridized carbons (Fsp3) is 0.385. The fourth-order valence-corrected chi connectivity index (χ4v) is 5.59. The second-order valence-corrected chi connectivity index (χ2v) is 9.24. The van der Waals surface area contributed by atoms with Gasteiger partial charge in [-0.15, -0.1) is 13.2 Å². The number of carboxylic acid groups (broad SMARTS) is 2. The van der Waals surface area contributed by atoms with Gasteiger partial charge in [-0.2, -0.15) is 0 Å². The van der Waals surface area contributed by atoms with Gasteiger partial charge in [0.2, 0.25) is 11.8 Å². The molecule has 0 saturated carbocycles. The molecule has 3 N–H and O–H groups in total. The largest absolute Gasteiger partial charge is 0.573 e. The highest BCUT2D eigenvalue weighted by Gasteiger charge is 2.69. The number of ether oxygens (including phenoxy) is 1. The average Bonchev–Trinajstić information content (AvgIpc) is 3.31. The van der Waals surface area contributed by atoms with Crippen LogP contribution in [0.1, 0.15) is 43.0 Å². The summed E-state index contributed by atoms with van der Waals surface area (Å²) in [6.45, 7) is 3.65. The van der Waals surface area contributed by atoms with Crippen molar-refractivity contribution < 1.29 is 47.3 Å². The van der Waals surface area contributed by atoms with E-state index in [0.29, 0.717) is 29.7 Å². The number of carbonyl (C=O) groups excluding carboxylic acids is 2. The molecule has 2 aliphatic heterocycles. The number of para-hydroxylation sites is 1. The SMILES string of the molecule is CCc1cccc(CC)c1N1C(=O)C2C(c3cccc(OC(F)(F)F)c3)NC(CC(=O)O)(C(=O)O)C2C1=O. The Bertz CT molecular complexity index is 1290. The van der Waals surface area contributed by atoms with E-state index in [0.717, 1.165) is 17.0 Å². The zero-order valence-electron chi connectivity index (χ0n) is 20.4. The van der Waals surface area contributed by atoms with E-state index in [-0.39, 0.29) is 5.56 Å². The summed E-state index contributed by atoms with van der Waals surface area (Å²) in [6, 6.07) is 8.56. The van der Waals surface area contributed by atoms with Crippen molar-refractivity contribution in [3.05, 3.63) is 59.2 Å². The summed E-state index contributed by atoms with van der Waals surface area (Å²) in [4.78, 5) is 53.2. The number of nitrogens with one attached hydrogen (secondary N) is 1. The molecule has 2 aromatic carbocycles. The van der Waals surface area contributed by atoms with Crippen LogP contribution in [0.5, 0.6) is 5.75 Å². The fourth-order valence-electron chi connectivity index (χ4n) is 5.59. The minimum Gasteiger partial charge on any atom is -0.481 e. The van der Waals surface area contributed by atoms with E-state index in [1.165, 1.54) is 12.1 Å². The van der Waals surface area contributed by atoms with Crippen LogP contribution in [0.3, 0.4) is 0 Å². The number of hydrogen-bond donors (Lipinski definition) is 3. The van der Waals surface area contributed by atoms with Crippen molar-refractivity contribution in [1.29, 1.82) is 0 Å². The number of anilines is 1. The normalized spacial score (nSPS) is 25.0. The number of carboxylic acids is 2. The molecule has 0 radical (unpaired) electrons. The van der Waals surface area contributed by atoms with Gasteiger partial charge < -0.3 is 14.9 Å². The van der Waals surface area contributed by atoms with Gasteiger partial charge in [0.05, 0.1) is 23.9 Å². The van der Waals surface area contributed by atoms with Gasteiger partial charge >= 0.3 is 18.3 Å². The molecule has 4 unspecified atom stereocenters. The summed E-state index contributed by atoms with van der Waals surface area (Å²) < 4.78 is 42.5. The molecule has 2 heterocycles. The van der Waals surface area contributed by atoms with Gasteiger partial charge in [0, 0.05) is 6.04 Å². The number of carbonyl (C=O) groups is 4. The Morgan fingerprint density at radius 2 is 1.63 bits per heavy atom. The summed E-state index contributed by atoms with van der Waals surface area (Å²) in [6.07, 6.45) is -5.14. The number of hydrogen-bond acceptors (Lipinski definition) is 6. The third-order valence-corrected chi connectivity index (χ3v) is 7.11. The smallest absolute Gasteiger partial charge is 0.481 e. The molecule has 38 heavy (non-hydrogen) atoms. The van der Waals surface area contributed by atoms with E-state index in [2.05, 4.69) is 10.1 Å². The molecule has 2 fully saturated rings. The van der Waals surface area contributed by atoms with Crippen LogP contribution in [-0.4, -0.2) is 45.9 Å². The first-order valence-electron chi connectivity index (χ1n) is 11.9. The Hall–Kier alpha value is -3.93. The molecular weight excluding hydrogens is 509 g/mol. The average molecular weight is 534 g/mol. The van der Waals surface area contributed by atoms with Crippen molar-refractivity contribution in [2.24, 2.45) is 11.8 Å². The van der Waals surface area contributed by atoms with Gasteiger partial charge in [0.15, 0.2) is 0 Å². The van der Waals surface area contributed by atoms with Crippen molar-refractivity contribution in [3.63, 3.8) is 0 Å². The highest BCUT2D eigenvalue weighted by molar-refractivity contribution is 6.25. The number of nitrogens with zero attached hydrogens (tertiary/aromatic N) is 1. The maximum Gasteiger partial charge on any atom is 0.573 e. The van der Waals surface area contributed by atoms with E-state index in [1.54, 1.807) is 18.2 Å². The lowest BCUT2D eigenvalue weighted by Crippen LogP contribution is -2.57. The summed E-state index contributed by atoms with van der Waals surface area (Å²) in [5.41, 5.74) is -0.704. The Morgan fingerprint density at radius 3 is 2.16 bits per heavy atom. The second-order valence-electron chi connectivity index (χ2n) is 9.24. The van der Waals surface area contributed by atoms with Gasteiger partial charge in [-0.1, -0.05) is 44.2 Å². The highest BCUT2D eigenvalue weighted by atomic mass is 19.4. The number of benzene rings is 2. The number of aliphatic carboxylic acids is 2. The van der Waals surface area contributed by atoms with Crippen LogP contribution in [0.4, 0.5) is 18.9 Å². The Kier molecular flexibility index (Phi) is 6.96. The van der Waals surface area contributed by atoms with E-state index in [4.69, 9.17) is 0 Å². The summed E-state index contributed by atoms with van der Waals surface area (Å²) >= 11 is 0. The molecule has 0 aliphatic carbocycles. The molecule has 2 aliphatic rings. The monoisotopic (exact) mass is 534 g/mol. The molecule has 202 valence electrons. The second kappa shape index (κ2) is 9.75. The minimum atomic E-state index is -5.01. The number of rotatable bonds is 8. The first-order chi connectivity index (χ1) is 17.8. The molecule has 12 heteroatoms. The summed E-state index contributed by atoms with van der Waals surface area (Å²) in [7, 11) is 0. The molecule has 2 aromatic rings. The number of fused-ring (bicyclic) bond motifs is 1. The van der Waals surface area contributed by atoms with Gasteiger partial charge in [0.25, 0.3) is 0 Å². The zero-order valence-corrected chi connectivity index (χ0v) is 20.4. The van der Waals surface area contributed by atoms with Gasteiger partial charge in [0.1, 0.15) is 11.3 Å². The van der Waals surface area contributed by atoms with Crippen molar-refractivity contribution in [2.75, 3.05) is 4.90 Å². The zero-order chi connectivity index (χ0) is 28.0. The lowest BCUT2D eigenvalue weighted by molar-refractivity contribution is -0.274. The Labute approximate surface area is 215 Å². The van der Waals surface area contributed by atoms with Gasteiger partial charge in [-0.05, 0) is 41.7 Å². The third-order valence-electron chi connectivity index (χ3n) is 7.11.